The first-order chi connectivity index (χ1) is 8.18. The minimum atomic E-state index is -0.355. The molecule has 1 aromatic heterocycles. The second kappa shape index (κ2) is 5.52. The minimum Gasteiger partial charge on any atom is -0.370 e. The van der Waals surface area contributed by atoms with E-state index in [1.807, 2.05) is 27.7 Å². The van der Waals surface area contributed by atoms with Crippen LogP contribution in [0.3, 0.4) is 0 Å². The van der Waals surface area contributed by atoms with Gasteiger partial charge in [0, 0.05) is 23.9 Å². The SMILES string of the molecule is CC(CC(N)=O)Nc1cc(Cl)nc(C(C)(C)C)n1. The van der Waals surface area contributed by atoms with Gasteiger partial charge in [0.2, 0.25) is 5.91 Å². The largest absolute Gasteiger partial charge is 0.370 e. The predicted molar refractivity (Wildman–Crippen MR) is 72.6 cm³/mol. The maximum atomic E-state index is 10.8. The van der Waals surface area contributed by atoms with E-state index in [0.29, 0.717) is 16.8 Å². The highest BCUT2D eigenvalue weighted by Gasteiger charge is 2.19. The summed E-state index contributed by atoms with van der Waals surface area (Å²) in [7, 11) is 0. The van der Waals surface area contributed by atoms with E-state index in [-0.39, 0.29) is 23.8 Å². The first kappa shape index (κ1) is 14.7. The molecule has 0 spiro atoms. The van der Waals surface area contributed by atoms with E-state index >= 15 is 0 Å². The van der Waals surface area contributed by atoms with Crippen LogP contribution in [0.2, 0.25) is 5.15 Å². The van der Waals surface area contributed by atoms with Crippen LogP contribution in [-0.2, 0) is 10.2 Å². The standard InChI is InChI=1S/C12H19ClN4O/c1-7(5-9(14)18)15-10-6-8(13)16-11(17-10)12(2,3)4/h6-7H,5H2,1-4H3,(H2,14,18)(H,15,16,17). The summed E-state index contributed by atoms with van der Waals surface area (Å²) in [5.41, 5.74) is 4.95. The van der Waals surface area contributed by atoms with Gasteiger partial charge < -0.3 is 11.1 Å². The zero-order valence-electron chi connectivity index (χ0n) is 11.1. The van der Waals surface area contributed by atoms with Crippen LogP contribution in [0.1, 0.15) is 39.9 Å². The molecular weight excluding hydrogens is 252 g/mol. The highest BCUT2D eigenvalue weighted by molar-refractivity contribution is 6.29. The van der Waals surface area contributed by atoms with Gasteiger partial charge in [0.05, 0.1) is 0 Å². The van der Waals surface area contributed by atoms with Gasteiger partial charge in [0.15, 0.2) is 0 Å². The molecule has 3 N–H and O–H groups in total. The number of hydrogen-bond donors (Lipinski definition) is 2. The summed E-state index contributed by atoms with van der Waals surface area (Å²) in [6, 6.07) is 1.54. The monoisotopic (exact) mass is 270 g/mol. The number of primary amides is 1. The Labute approximate surface area is 112 Å². The Bertz CT molecular complexity index is 442. The molecule has 1 unspecified atom stereocenters. The van der Waals surface area contributed by atoms with Crippen molar-refractivity contribution in [3.05, 3.63) is 17.0 Å². The van der Waals surface area contributed by atoms with Crippen LogP contribution in [0, 0.1) is 0 Å². The highest BCUT2D eigenvalue weighted by Crippen LogP contribution is 2.22. The molecule has 5 nitrogen and oxygen atoms in total. The summed E-state index contributed by atoms with van der Waals surface area (Å²) in [6.45, 7) is 7.89. The quantitative estimate of drug-likeness (QED) is 0.821. The molecule has 0 aliphatic carbocycles. The first-order valence-electron chi connectivity index (χ1n) is 5.78. The third kappa shape index (κ3) is 4.49. The molecule has 1 heterocycles. The van der Waals surface area contributed by atoms with Gasteiger partial charge in [-0.25, -0.2) is 9.97 Å². The number of rotatable bonds is 4. The summed E-state index contributed by atoms with van der Waals surface area (Å²) >= 11 is 5.96. The normalized spacial score (nSPS) is 13.2. The fourth-order valence-corrected chi connectivity index (χ4v) is 1.62. The molecule has 0 saturated heterocycles. The molecular formula is C12H19ClN4O. The molecule has 18 heavy (non-hydrogen) atoms. The van der Waals surface area contributed by atoms with Crippen LogP contribution in [0.15, 0.2) is 6.07 Å². The molecule has 0 aliphatic heterocycles. The molecule has 1 atom stereocenters. The van der Waals surface area contributed by atoms with Crippen molar-refractivity contribution in [2.75, 3.05) is 5.32 Å². The third-order valence-corrected chi connectivity index (χ3v) is 2.46. The van der Waals surface area contributed by atoms with Gasteiger partial charge in [-0.3, -0.25) is 4.79 Å². The molecule has 0 aromatic carbocycles. The lowest BCUT2D eigenvalue weighted by atomic mass is 9.96. The molecule has 1 aromatic rings. The van der Waals surface area contributed by atoms with Gasteiger partial charge in [0.25, 0.3) is 0 Å². The molecule has 6 heteroatoms. The van der Waals surface area contributed by atoms with Crippen molar-refractivity contribution in [1.29, 1.82) is 0 Å². The lowest BCUT2D eigenvalue weighted by molar-refractivity contribution is -0.118. The van der Waals surface area contributed by atoms with E-state index in [1.165, 1.54) is 0 Å². The van der Waals surface area contributed by atoms with Gasteiger partial charge >= 0.3 is 0 Å². The van der Waals surface area contributed by atoms with Crippen molar-refractivity contribution in [2.24, 2.45) is 5.73 Å². The molecule has 100 valence electrons. The van der Waals surface area contributed by atoms with Crippen LogP contribution in [0.5, 0.6) is 0 Å². The van der Waals surface area contributed by atoms with Gasteiger partial charge in [0.1, 0.15) is 16.8 Å². The highest BCUT2D eigenvalue weighted by atomic mass is 35.5. The molecule has 0 aliphatic rings. The Hall–Kier alpha value is -1.36. The molecule has 1 amide bonds. The number of nitrogens with one attached hydrogen (secondary N) is 1. The molecule has 1 rings (SSSR count). The molecule has 0 saturated carbocycles. The van der Waals surface area contributed by atoms with Crippen LogP contribution < -0.4 is 11.1 Å². The van der Waals surface area contributed by atoms with E-state index in [9.17, 15) is 4.79 Å². The zero-order valence-corrected chi connectivity index (χ0v) is 11.9. The number of anilines is 1. The number of hydrogen-bond acceptors (Lipinski definition) is 4. The number of nitrogens with two attached hydrogens (primary N) is 1. The second-order valence-corrected chi connectivity index (χ2v) is 5.75. The van der Waals surface area contributed by atoms with Gasteiger partial charge in [-0.15, -0.1) is 0 Å². The summed E-state index contributed by atoms with van der Waals surface area (Å²) in [6.07, 6.45) is 0.243. The van der Waals surface area contributed by atoms with Crippen molar-refractivity contribution < 1.29 is 4.79 Å². The van der Waals surface area contributed by atoms with Crippen LogP contribution in [0.25, 0.3) is 0 Å². The summed E-state index contributed by atoms with van der Waals surface area (Å²) in [5.74, 6) is 0.906. The van der Waals surface area contributed by atoms with Crippen molar-refractivity contribution in [3.8, 4) is 0 Å². The maximum Gasteiger partial charge on any atom is 0.219 e. The lowest BCUT2D eigenvalue weighted by Crippen LogP contribution is -2.25. The number of aromatic nitrogens is 2. The number of nitrogens with zero attached hydrogens (tertiary/aromatic N) is 2. The smallest absolute Gasteiger partial charge is 0.219 e. The fraction of sp³-hybridized carbons (Fsp3) is 0.583. The zero-order chi connectivity index (χ0) is 13.9. The predicted octanol–water partition coefficient (Wildman–Crippen LogP) is 2.10. The van der Waals surface area contributed by atoms with E-state index in [2.05, 4.69) is 15.3 Å². The summed E-state index contributed by atoms with van der Waals surface area (Å²) in [4.78, 5) is 19.4. The van der Waals surface area contributed by atoms with Crippen LogP contribution >= 0.6 is 11.6 Å². The Morgan fingerprint density at radius 1 is 1.50 bits per heavy atom. The molecule has 0 fully saturated rings. The van der Waals surface area contributed by atoms with Crippen molar-refractivity contribution in [3.63, 3.8) is 0 Å². The summed E-state index contributed by atoms with van der Waals surface area (Å²) < 4.78 is 0. The number of carbonyl (C=O) groups is 1. The lowest BCUT2D eigenvalue weighted by Gasteiger charge is -2.19. The van der Waals surface area contributed by atoms with E-state index in [1.54, 1.807) is 6.07 Å². The second-order valence-electron chi connectivity index (χ2n) is 5.37. The average Bonchev–Trinajstić information content (AvgIpc) is 2.13. The van der Waals surface area contributed by atoms with Crippen molar-refractivity contribution >= 4 is 23.3 Å². The van der Waals surface area contributed by atoms with Crippen molar-refractivity contribution in [1.82, 2.24) is 9.97 Å². The summed E-state index contributed by atoms with van der Waals surface area (Å²) in [5, 5.41) is 3.47. The number of halogens is 1. The Kier molecular flexibility index (Phi) is 4.51. The maximum absolute atomic E-state index is 10.8. The average molecular weight is 271 g/mol. The van der Waals surface area contributed by atoms with E-state index in [4.69, 9.17) is 17.3 Å². The fourth-order valence-electron chi connectivity index (χ4n) is 1.43. The molecule has 0 bridgehead atoms. The third-order valence-electron chi connectivity index (χ3n) is 2.27. The Morgan fingerprint density at radius 2 is 2.11 bits per heavy atom. The van der Waals surface area contributed by atoms with E-state index in [0.717, 1.165) is 0 Å². The van der Waals surface area contributed by atoms with Crippen LogP contribution in [-0.4, -0.2) is 21.9 Å². The number of carbonyl (C=O) groups excluding carboxylic acids is 1. The number of amides is 1. The first-order valence-corrected chi connectivity index (χ1v) is 6.16. The van der Waals surface area contributed by atoms with Crippen LogP contribution in [0.4, 0.5) is 5.82 Å². The Balaban J connectivity index is 2.90. The van der Waals surface area contributed by atoms with Gasteiger partial charge in [-0.05, 0) is 6.92 Å². The minimum absolute atomic E-state index is 0.0960. The van der Waals surface area contributed by atoms with Crippen molar-refractivity contribution in [2.45, 2.75) is 45.6 Å². The molecule has 0 radical (unpaired) electrons. The van der Waals surface area contributed by atoms with E-state index < -0.39 is 0 Å². The topological polar surface area (TPSA) is 80.9 Å². The van der Waals surface area contributed by atoms with Gasteiger partial charge in [-0.1, -0.05) is 32.4 Å². The van der Waals surface area contributed by atoms with Gasteiger partial charge in [-0.2, -0.15) is 0 Å². The Morgan fingerprint density at radius 3 is 2.61 bits per heavy atom.